The lowest BCUT2D eigenvalue weighted by atomic mass is 10.0. The molecule has 4 aromatic rings. The van der Waals surface area contributed by atoms with Crippen LogP contribution in [0.4, 0.5) is 5.69 Å². The number of aromatic nitrogens is 1. The first kappa shape index (κ1) is 19.5. The summed E-state index contributed by atoms with van der Waals surface area (Å²) in [6.45, 7) is 2.17. The number of ether oxygens (including phenoxy) is 1. The summed E-state index contributed by atoms with van der Waals surface area (Å²) in [5.41, 5.74) is 2.84. The van der Waals surface area contributed by atoms with E-state index in [1.54, 1.807) is 36.4 Å². The van der Waals surface area contributed by atoms with Gasteiger partial charge in [0, 0.05) is 29.7 Å². The molecular formula is C25H21ClN2O3. The molecular weight excluding hydrogens is 412 g/mol. The summed E-state index contributed by atoms with van der Waals surface area (Å²) in [6.07, 6.45) is 2.45. The first-order chi connectivity index (χ1) is 15.1. The number of para-hydroxylation sites is 1. The number of hydrogen-bond donors (Lipinski definition) is 2. The Kier molecular flexibility index (Phi) is 5.04. The monoisotopic (exact) mass is 432 g/mol. The van der Waals surface area contributed by atoms with E-state index in [4.69, 9.17) is 16.3 Å². The molecule has 0 saturated carbocycles. The van der Waals surface area contributed by atoms with Gasteiger partial charge in [0.15, 0.2) is 5.75 Å². The number of rotatable bonds is 4. The number of benzene rings is 3. The normalized spacial score (nSPS) is 13.6. The van der Waals surface area contributed by atoms with Gasteiger partial charge in [-0.15, -0.1) is 0 Å². The molecule has 0 bridgehead atoms. The minimum absolute atomic E-state index is 0.142. The van der Waals surface area contributed by atoms with E-state index >= 15 is 0 Å². The van der Waals surface area contributed by atoms with E-state index in [1.807, 2.05) is 18.2 Å². The van der Waals surface area contributed by atoms with Crippen molar-refractivity contribution in [2.24, 2.45) is 0 Å². The van der Waals surface area contributed by atoms with Crippen molar-refractivity contribution in [2.75, 3.05) is 18.0 Å². The van der Waals surface area contributed by atoms with Crippen LogP contribution in [0.15, 0.2) is 71.5 Å². The fraction of sp³-hybridized carbons (Fsp3) is 0.160. The van der Waals surface area contributed by atoms with Crippen molar-refractivity contribution in [3.63, 3.8) is 0 Å². The maximum atomic E-state index is 12.5. The summed E-state index contributed by atoms with van der Waals surface area (Å²) in [4.78, 5) is 17.6. The number of aromatic amines is 1. The average Bonchev–Trinajstić information content (AvgIpc) is 3.32. The number of nitrogens with zero attached hydrogens (tertiary/aromatic N) is 1. The Morgan fingerprint density at radius 2 is 1.68 bits per heavy atom. The minimum atomic E-state index is -0.521. The number of fused-ring (bicyclic) bond motifs is 1. The highest BCUT2D eigenvalue weighted by Crippen LogP contribution is 2.39. The summed E-state index contributed by atoms with van der Waals surface area (Å²) in [5, 5.41) is 11.8. The molecule has 1 saturated heterocycles. The van der Waals surface area contributed by atoms with Crippen LogP contribution in [0.5, 0.6) is 17.2 Å². The van der Waals surface area contributed by atoms with Gasteiger partial charge in [-0.05, 0) is 54.8 Å². The molecule has 0 unspecified atom stereocenters. The molecule has 0 spiro atoms. The Balaban J connectivity index is 1.56. The molecule has 31 heavy (non-hydrogen) atoms. The number of anilines is 1. The van der Waals surface area contributed by atoms with Crippen molar-refractivity contribution >= 4 is 28.2 Å². The van der Waals surface area contributed by atoms with E-state index in [1.165, 1.54) is 18.5 Å². The third kappa shape index (κ3) is 3.73. The van der Waals surface area contributed by atoms with Crippen molar-refractivity contribution < 1.29 is 9.84 Å². The highest BCUT2D eigenvalue weighted by molar-refractivity contribution is 6.34. The van der Waals surface area contributed by atoms with Crippen molar-refractivity contribution in [1.82, 2.24) is 4.98 Å². The molecule has 156 valence electrons. The number of hydrogen-bond acceptors (Lipinski definition) is 4. The van der Waals surface area contributed by atoms with Crippen LogP contribution in [0.25, 0.3) is 22.0 Å². The number of pyridine rings is 1. The summed E-state index contributed by atoms with van der Waals surface area (Å²) in [6, 6.07) is 20.6. The standard InChI is InChI=1S/C25H21ClN2O3/c26-21-15-22-20(23(29)24(25(30)27-22)31-18-6-2-1-3-7-18)14-19(21)16-8-10-17(11-9-16)28-12-4-5-13-28/h1-3,6-11,14-15H,4-5,12-13H2,(H2,27,29,30). The van der Waals surface area contributed by atoms with Crippen molar-refractivity contribution in [3.05, 3.63) is 82.1 Å². The summed E-state index contributed by atoms with van der Waals surface area (Å²) in [5.74, 6) is 0.111. The van der Waals surface area contributed by atoms with E-state index in [-0.39, 0.29) is 11.5 Å². The van der Waals surface area contributed by atoms with Gasteiger partial charge in [0.05, 0.1) is 10.5 Å². The summed E-state index contributed by atoms with van der Waals surface area (Å²) in [7, 11) is 0. The molecule has 0 aliphatic carbocycles. The van der Waals surface area contributed by atoms with Crippen LogP contribution < -0.4 is 15.2 Å². The highest BCUT2D eigenvalue weighted by atomic mass is 35.5. The number of aromatic hydroxyl groups is 1. The van der Waals surface area contributed by atoms with Gasteiger partial charge in [-0.25, -0.2) is 0 Å². The van der Waals surface area contributed by atoms with Gasteiger partial charge >= 0.3 is 0 Å². The zero-order valence-corrected chi connectivity index (χ0v) is 17.5. The number of halogens is 1. The van der Waals surface area contributed by atoms with E-state index in [2.05, 4.69) is 22.0 Å². The molecule has 1 aromatic heterocycles. The first-order valence-corrected chi connectivity index (χ1v) is 10.6. The van der Waals surface area contributed by atoms with Gasteiger partial charge in [-0.2, -0.15) is 0 Å². The zero-order valence-electron chi connectivity index (χ0n) is 16.8. The second-order valence-electron chi connectivity index (χ2n) is 7.67. The molecule has 0 atom stereocenters. The topological polar surface area (TPSA) is 65.6 Å². The second kappa shape index (κ2) is 8.00. The second-order valence-corrected chi connectivity index (χ2v) is 8.07. The molecule has 1 fully saturated rings. The predicted molar refractivity (Wildman–Crippen MR) is 125 cm³/mol. The van der Waals surface area contributed by atoms with Crippen LogP contribution >= 0.6 is 11.6 Å². The van der Waals surface area contributed by atoms with Crippen LogP contribution in [0.1, 0.15) is 12.8 Å². The summed E-state index contributed by atoms with van der Waals surface area (Å²) >= 11 is 6.53. The molecule has 6 heteroatoms. The molecule has 1 aliphatic rings. The Morgan fingerprint density at radius 1 is 0.968 bits per heavy atom. The predicted octanol–water partition coefficient (Wildman–Crippen LogP) is 5.95. The third-order valence-corrected chi connectivity index (χ3v) is 5.96. The molecule has 0 amide bonds. The van der Waals surface area contributed by atoms with Gasteiger partial charge in [-0.1, -0.05) is 41.9 Å². The van der Waals surface area contributed by atoms with Crippen LogP contribution in [0.3, 0.4) is 0 Å². The minimum Gasteiger partial charge on any atom is -0.504 e. The third-order valence-electron chi connectivity index (χ3n) is 5.64. The van der Waals surface area contributed by atoms with Crippen LogP contribution in [-0.4, -0.2) is 23.2 Å². The maximum Gasteiger partial charge on any atom is 0.295 e. The lowest BCUT2D eigenvalue weighted by Crippen LogP contribution is -2.17. The van der Waals surface area contributed by atoms with Crippen molar-refractivity contribution in [3.8, 4) is 28.4 Å². The lowest BCUT2D eigenvalue weighted by Gasteiger charge is -2.18. The molecule has 3 aromatic carbocycles. The molecule has 2 heterocycles. The van der Waals surface area contributed by atoms with Crippen LogP contribution in [-0.2, 0) is 0 Å². The first-order valence-electron chi connectivity index (χ1n) is 10.3. The van der Waals surface area contributed by atoms with Crippen molar-refractivity contribution in [1.29, 1.82) is 0 Å². The lowest BCUT2D eigenvalue weighted by molar-refractivity contribution is 0.410. The van der Waals surface area contributed by atoms with E-state index in [0.717, 1.165) is 24.2 Å². The Bertz CT molecular complexity index is 1290. The van der Waals surface area contributed by atoms with Crippen molar-refractivity contribution in [2.45, 2.75) is 12.8 Å². The van der Waals surface area contributed by atoms with Gasteiger partial charge < -0.3 is 19.7 Å². The summed E-state index contributed by atoms with van der Waals surface area (Å²) < 4.78 is 5.66. The van der Waals surface area contributed by atoms with Gasteiger partial charge in [-0.3, -0.25) is 4.79 Å². The molecule has 1 aliphatic heterocycles. The smallest absolute Gasteiger partial charge is 0.295 e. The maximum absolute atomic E-state index is 12.5. The van der Waals surface area contributed by atoms with Gasteiger partial charge in [0.2, 0.25) is 5.75 Å². The quantitative estimate of drug-likeness (QED) is 0.418. The Labute approximate surface area is 184 Å². The molecule has 5 rings (SSSR count). The van der Waals surface area contributed by atoms with Crippen LogP contribution in [0.2, 0.25) is 5.02 Å². The molecule has 5 nitrogen and oxygen atoms in total. The highest BCUT2D eigenvalue weighted by Gasteiger charge is 2.17. The SMILES string of the molecule is O=c1[nH]c2cc(Cl)c(-c3ccc(N4CCCC4)cc3)cc2c(O)c1Oc1ccccc1. The average molecular weight is 433 g/mol. The Hall–Kier alpha value is -3.44. The molecule has 0 radical (unpaired) electrons. The van der Waals surface area contributed by atoms with Gasteiger partial charge in [0.25, 0.3) is 5.56 Å². The largest absolute Gasteiger partial charge is 0.504 e. The number of H-pyrrole nitrogens is 1. The van der Waals surface area contributed by atoms with Gasteiger partial charge in [0.1, 0.15) is 5.75 Å². The van der Waals surface area contributed by atoms with Crippen LogP contribution in [0, 0.1) is 0 Å². The Morgan fingerprint density at radius 3 is 2.39 bits per heavy atom. The van der Waals surface area contributed by atoms with E-state index in [9.17, 15) is 9.90 Å². The number of nitrogens with one attached hydrogen (secondary N) is 1. The zero-order chi connectivity index (χ0) is 21.4. The van der Waals surface area contributed by atoms with E-state index < -0.39 is 5.56 Å². The fourth-order valence-electron chi connectivity index (χ4n) is 4.03. The fourth-order valence-corrected chi connectivity index (χ4v) is 4.30. The van der Waals surface area contributed by atoms with E-state index in [0.29, 0.717) is 21.7 Å². The molecule has 2 N–H and O–H groups in total.